The molecule has 3 N–H and O–H groups in total. The topological polar surface area (TPSA) is 91.1 Å². The predicted octanol–water partition coefficient (Wildman–Crippen LogP) is 3.03. The van der Waals surface area contributed by atoms with E-state index in [1.54, 1.807) is 26.1 Å². The summed E-state index contributed by atoms with van der Waals surface area (Å²) in [5, 5.41) is 3.76. The Balaban J connectivity index is 1.96. The van der Waals surface area contributed by atoms with Crippen LogP contribution in [0.25, 0.3) is 10.9 Å². The number of aromatic amines is 1. The number of carbonyl (C=O) groups excluding carboxylic acids is 1. The number of hydrogen-bond donors (Lipinski definition) is 3. The van der Waals surface area contributed by atoms with E-state index >= 15 is 0 Å². The second-order valence-corrected chi connectivity index (χ2v) is 7.44. The summed E-state index contributed by atoms with van der Waals surface area (Å²) >= 11 is 0. The summed E-state index contributed by atoms with van der Waals surface area (Å²) in [4.78, 5) is 15.9. The molecule has 1 aromatic heterocycles. The van der Waals surface area contributed by atoms with Gasteiger partial charge in [0, 0.05) is 29.2 Å². The Bertz CT molecular complexity index is 1040. The van der Waals surface area contributed by atoms with Gasteiger partial charge in [0.2, 0.25) is 10.0 Å². The van der Waals surface area contributed by atoms with Crippen LogP contribution in [0.4, 0.5) is 5.69 Å². The van der Waals surface area contributed by atoms with Crippen molar-refractivity contribution in [2.45, 2.75) is 18.7 Å². The number of nitrogens with one attached hydrogen (secondary N) is 3. The van der Waals surface area contributed by atoms with Gasteiger partial charge in [-0.25, -0.2) is 13.1 Å². The van der Waals surface area contributed by atoms with E-state index in [4.69, 9.17) is 0 Å². The molecule has 7 heteroatoms. The number of hydrogen-bond acceptors (Lipinski definition) is 3. The zero-order chi connectivity index (χ0) is 18.0. The van der Waals surface area contributed by atoms with Gasteiger partial charge in [0.15, 0.2) is 0 Å². The summed E-state index contributed by atoms with van der Waals surface area (Å²) in [5.41, 5.74) is 2.61. The van der Waals surface area contributed by atoms with Crippen molar-refractivity contribution in [2.24, 2.45) is 0 Å². The summed E-state index contributed by atoms with van der Waals surface area (Å²) in [6.07, 6.45) is 1.80. The van der Waals surface area contributed by atoms with Crippen LogP contribution in [0.3, 0.4) is 0 Å². The standard InChI is InChI=1S/C18H19N3O3S/c1-3-20-25(23,24)13-8-7-12(2)15(11-13)18(22)21-17-6-4-5-16-14(17)9-10-19-16/h4-11,19-20H,3H2,1-2H3,(H,21,22). The van der Waals surface area contributed by atoms with Gasteiger partial charge in [-0.05, 0) is 42.8 Å². The van der Waals surface area contributed by atoms with Crippen molar-refractivity contribution in [3.8, 4) is 0 Å². The molecule has 2 aromatic carbocycles. The summed E-state index contributed by atoms with van der Waals surface area (Å²) in [7, 11) is -3.62. The van der Waals surface area contributed by atoms with Gasteiger partial charge >= 0.3 is 0 Å². The Labute approximate surface area is 146 Å². The van der Waals surface area contributed by atoms with Crippen LogP contribution in [-0.4, -0.2) is 25.9 Å². The zero-order valence-corrected chi connectivity index (χ0v) is 14.8. The van der Waals surface area contributed by atoms with E-state index in [1.165, 1.54) is 12.1 Å². The molecule has 0 bridgehead atoms. The molecule has 130 valence electrons. The zero-order valence-electron chi connectivity index (χ0n) is 14.0. The summed E-state index contributed by atoms with van der Waals surface area (Å²) < 4.78 is 26.8. The van der Waals surface area contributed by atoms with Crippen LogP contribution in [0.1, 0.15) is 22.8 Å². The number of benzene rings is 2. The largest absolute Gasteiger partial charge is 0.361 e. The fourth-order valence-corrected chi connectivity index (χ4v) is 3.74. The molecule has 3 aromatic rings. The van der Waals surface area contributed by atoms with Crippen molar-refractivity contribution in [3.63, 3.8) is 0 Å². The number of aromatic nitrogens is 1. The summed E-state index contributed by atoms with van der Waals surface area (Å²) in [6, 6.07) is 12.0. The highest BCUT2D eigenvalue weighted by Crippen LogP contribution is 2.24. The Hall–Kier alpha value is -2.64. The van der Waals surface area contributed by atoms with Crippen LogP contribution in [0.15, 0.2) is 53.6 Å². The third kappa shape index (κ3) is 3.42. The lowest BCUT2D eigenvalue weighted by Gasteiger charge is -2.11. The average molecular weight is 357 g/mol. The minimum atomic E-state index is -3.62. The normalized spacial score (nSPS) is 11.6. The Morgan fingerprint density at radius 2 is 1.96 bits per heavy atom. The van der Waals surface area contributed by atoms with Crippen molar-refractivity contribution in [1.29, 1.82) is 0 Å². The highest BCUT2D eigenvalue weighted by Gasteiger charge is 2.18. The lowest BCUT2D eigenvalue weighted by Crippen LogP contribution is -2.24. The molecule has 0 aliphatic rings. The molecule has 0 atom stereocenters. The first-order valence-electron chi connectivity index (χ1n) is 7.90. The van der Waals surface area contributed by atoms with E-state index in [0.29, 0.717) is 16.8 Å². The Morgan fingerprint density at radius 3 is 2.72 bits per heavy atom. The Morgan fingerprint density at radius 1 is 1.16 bits per heavy atom. The molecule has 1 heterocycles. The van der Waals surface area contributed by atoms with Gasteiger partial charge in [0.1, 0.15) is 0 Å². The molecular formula is C18H19N3O3S. The second kappa shape index (κ2) is 6.70. The first kappa shape index (κ1) is 17.2. The number of amides is 1. The van der Waals surface area contributed by atoms with Gasteiger partial charge in [-0.2, -0.15) is 0 Å². The van der Waals surface area contributed by atoms with Gasteiger partial charge in [-0.1, -0.05) is 19.1 Å². The smallest absolute Gasteiger partial charge is 0.255 e. The molecule has 0 saturated carbocycles. The maximum Gasteiger partial charge on any atom is 0.255 e. The predicted molar refractivity (Wildman–Crippen MR) is 98.3 cm³/mol. The maximum atomic E-state index is 12.7. The van der Waals surface area contributed by atoms with E-state index in [2.05, 4.69) is 15.0 Å². The third-order valence-corrected chi connectivity index (χ3v) is 5.48. The van der Waals surface area contributed by atoms with Crippen LogP contribution in [0, 0.1) is 6.92 Å². The molecule has 6 nitrogen and oxygen atoms in total. The van der Waals surface area contributed by atoms with Gasteiger partial charge in [-0.3, -0.25) is 4.79 Å². The van der Waals surface area contributed by atoms with Crippen LogP contribution >= 0.6 is 0 Å². The lowest BCUT2D eigenvalue weighted by atomic mass is 10.1. The number of carbonyl (C=O) groups is 1. The molecule has 0 aliphatic heterocycles. The van der Waals surface area contributed by atoms with Gasteiger partial charge in [0.25, 0.3) is 5.91 Å². The van der Waals surface area contributed by atoms with Gasteiger partial charge in [0.05, 0.1) is 10.6 Å². The van der Waals surface area contributed by atoms with Gasteiger partial charge < -0.3 is 10.3 Å². The average Bonchev–Trinajstić information content (AvgIpc) is 3.04. The molecule has 0 saturated heterocycles. The van der Waals surface area contributed by atoms with Crippen LogP contribution < -0.4 is 10.0 Å². The fourth-order valence-electron chi connectivity index (χ4n) is 2.67. The van der Waals surface area contributed by atoms with Crippen molar-refractivity contribution in [2.75, 3.05) is 11.9 Å². The highest BCUT2D eigenvalue weighted by molar-refractivity contribution is 7.89. The summed E-state index contributed by atoms with van der Waals surface area (Å²) in [6.45, 7) is 3.76. The number of H-pyrrole nitrogens is 1. The molecule has 25 heavy (non-hydrogen) atoms. The van der Waals surface area contributed by atoms with E-state index in [0.717, 1.165) is 10.9 Å². The van der Waals surface area contributed by atoms with Crippen LogP contribution in [-0.2, 0) is 10.0 Å². The second-order valence-electron chi connectivity index (χ2n) is 5.68. The van der Waals surface area contributed by atoms with E-state index in [1.807, 2.05) is 24.3 Å². The molecule has 3 rings (SSSR count). The SMILES string of the molecule is CCNS(=O)(=O)c1ccc(C)c(C(=O)Nc2cccc3[nH]ccc23)c1. The van der Waals surface area contributed by atoms with Crippen molar-refractivity contribution in [1.82, 2.24) is 9.71 Å². The maximum absolute atomic E-state index is 12.7. The Kier molecular flexibility index (Phi) is 4.61. The van der Waals surface area contributed by atoms with E-state index in [-0.39, 0.29) is 17.3 Å². The number of fused-ring (bicyclic) bond motifs is 1. The van der Waals surface area contributed by atoms with Crippen molar-refractivity contribution in [3.05, 3.63) is 59.8 Å². The lowest BCUT2D eigenvalue weighted by molar-refractivity contribution is 0.102. The van der Waals surface area contributed by atoms with E-state index in [9.17, 15) is 13.2 Å². The van der Waals surface area contributed by atoms with Crippen molar-refractivity contribution >= 4 is 32.5 Å². The number of aryl methyl sites for hydroxylation is 1. The molecule has 0 fully saturated rings. The highest BCUT2D eigenvalue weighted by atomic mass is 32.2. The monoisotopic (exact) mass is 357 g/mol. The minimum absolute atomic E-state index is 0.0740. The van der Waals surface area contributed by atoms with Crippen LogP contribution in [0.5, 0.6) is 0 Å². The third-order valence-electron chi connectivity index (χ3n) is 3.94. The molecule has 1 amide bonds. The number of anilines is 1. The van der Waals surface area contributed by atoms with E-state index < -0.39 is 10.0 Å². The van der Waals surface area contributed by atoms with Crippen molar-refractivity contribution < 1.29 is 13.2 Å². The first-order valence-corrected chi connectivity index (χ1v) is 9.38. The van der Waals surface area contributed by atoms with Crippen LogP contribution in [0.2, 0.25) is 0 Å². The minimum Gasteiger partial charge on any atom is -0.361 e. The van der Waals surface area contributed by atoms with Gasteiger partial charge in [-0.15, -0.1) is 0 Å². The number of rotatable bonds is 5. The quantitative estimate of drug-likeness (QED) is 0.655. The molecular weight excluding hydrogens is 338 g/mol. The molecule has 0 spiro atoms. The molecule has 0 aliphatic carbocycles. The molecule has 0 radical (unpaired) electrons. The molecule has 0 unspecified atom stereocenters. The summed E-state index contributed by atoms with van der Waals surface area (Å²) in [5.74, 6) is -0.347. The fraction of sp³-hybridized carbons (Fsp3) is 0.167. The first-order chi connectivity index (χ1) is 11.9. The number of sulfonamides is 1.